The zero-order chi connectivity index (χ0) is 13.9. The highest BCUT2D eigenvalue weighted by atomic mass is 14.9. The summed E-state index contributed by atoms with van der Waals surface area (Å²) in [5.41, 5.74) is 5.04. The van der Waals surface area contributed by atoms with E-state index >= 15 is 0 Å². The normalized spacial score (nSPS) is 12.5. The lowest BCUT2D eigenvalue weighted by Gasteiger charge is -2.17. The Bertz CT molecular complexity index is 739. The monoisotopic (exact) mass is 264 g/mol. The van der Waals surface area contributed by atoms with Gasteiger partial charge in [-0.05, 0) is 43.3 Å². The van der Waals surface area contributed by atoms with E-state index < -0.39 is 0 Å². The summed E-state index contributed by atoms with van der Waals surface area (Å²) in [6.07, 6.45) is 5.51. The third-order valence-corrected chi connectivity index (χ3v) is 3.44. The molecule has 0 spiro atoms. The molecule has 1 N–H and O–H groups in total. The molecule has 0 aliphatic rings. The predicted octanol–water partition coefficient (Wildman–Crippen LogP) is 2.64. The third-order valence-electron chi connectivity index (χ3n) is 3.44. The number of hydrogen-bond acceptors (Lipinski definition) is 4. The molecule has 1 unspecified atom stereocenters. The quantitative estimate of drug-likeness (QED) is 0.790. The number of fused-ring (bicyclic) bond motifs is 1. The van der Waals surface area contributed by atoms with E-state index in [2.05, 4.69) is 22.2 Å². The first-order valence-corrected chi connectivity index (χ1v) is 6.59. The van der Waals surface area contributed by atoms with Crippen LogP contribution < -0.4 is 5.32 Å². The van der Waals surface area contributed by atoms with Gasteiger partial charge in [-0.15, -0.1) is 0 Å². The van der Waals surface area contributed by atoms with Crippen molar-refractivity contribution in [2.24, 2.45) is 0 Å². The first kappa shape index (κ1) is 12.7. The number of nitrogens with zero attached hydrogens (tertiary/aromatic N) is 3. The molecular weight excluding hydrogens is 248 g/mol. The summed E-state index contributed by atoms with van der Waals surface area (Å²) in [7, 11) is 1.92. The molecule has 1 atom stereocenters. The smallest absolute Gasteiger partial charge is 0.0890 e. The van der Waals surface area contributed by atoms with Crippen molar-refractivity contribution < 1.29 is 0 Å². The van der Waals surface area contributed by atoms with Gasteiger partial charge in [-0.1, -0.05) is 12.1 Å². The van der Waals surface area contributed by atoms with Crippen LogP contribution in [0.2, 0.25) is 0 Å². The third kappa shape index (κ3) is 2.26. The second kappa shape index (κ2) is 5.35. The second-order valence-corrected chi connectivity index (χ2v) is 4.74. The lowest BCUT2D eigenvalue weighted by molar-refractivity contribution is 0.664. The molecule has 4 heteroatoms. The SMILES string of the molecule is CNC(c1cnc2ccccc2n1)c1cnccc1C. The van der Waals surface area contributed by atoms with E-state index in [0.717, 1.165) is 22.3 Å². The molecule has 2 heterocycles. The van der Waals surface area contributed by atoms with Gasteiger partial charge in [0.25, 0.3) is 0 Å². The van der Waals surface area contributed by atoms with Gasteiger partial charge in [0.2, 0.25) is 0 Å². The second-order valence-electron chi connectivity index (χ2n) is 4.74. The van der Waals surface area contributed by atoms with Crippen molar-refractivity contribution >= 4 is 11.0 Å². The molecule has 3 rings (SSSR count). The Morgan fingerprint density at radius 3 is 2.60 bits per heavy atom. The topological polar surface area (TPSA) is 50.7 Å². The van der Waals surface area contributed by atoms with Crippen molar-refractivity contribution in [3.63, 3.8) is 0 Å². The van der Waals surface area contributed by atoms with E-state index in [1.807, 2.05) is 49.8 Å². The van der Waals surface area contributed by atoms with Crippen molar-refractivity contribution in [1.29, 1.82) is 0 Å². The number of aryl methyl sites for hydroxylation is 1. The molecule has 0 saturated heterocycles. The highest BCUT2D eigenvalue weighted by Gasteiger charge is 2.16. The van der Waals surface area contributed by atoms with Crippen molar-refractivity contribution in [1.82, 2.24) is 20.3 Å². The number of aromatic nitrogens is 3. The fraction of sp³-hybridized carbons (Fsp3) is 0.188. The van der Waals surface area contributed by atoms with Crippen molar-refractivity contribution in [3.8, 4) is 0 Å². The Balaban J connectivity index is 2.10. The molecule has 1 aromatic carbocycles. The molecule has 2 aromatic heterocycles. The Morgan fingerprint density at radius 2 is 1.85 bits per heavy atom. The minimum absolute atomic E-state index is 0.000746. The molecule has 0 amide bonds. The zero-order valence-corrected chi connectivity index (χ0v) is 11.5. The largest absolute Gasteiger partial charge is 0.308 e. The summed E-state index contributed by atoms with van der Waals surface area (Å²) in [6, 6.07) is 9.90. The number of rotatable bonds is 3. The number of nitrogens with one attached hydrogen (secondary N) is 1. The summed E-state index contributed by atoms with van der Waals surface area (Å²) in [5, 5.41) is 3.30. The highest BCUT2D eigenvalue weighted by Crippen LogP contribution is 2.23. The maximum Gasteiger partial charge on any atom is 0.0890 e. The summed E-state index contributed by atoms with van der Waals surface area (Å²) in [5.74, 6) is 0. The molecule has 0 saturated carbocycles. The first-order chi connectivity index (χ1) is 9.79. The molecule has 0 fully saturated rings. The molecular formula is C16H16N4. The van der Waals surface area contributed by atoms with Crippen LogP contribution in [-0.4, -0.2) is 22.0 Å². The number of hydrogen-bond donors (Lipinski definition) is 1. The Labute approximate surface area is 117 Å². The van der Waals surface area contributed by atoms with Gasteiger partial charge in [0, 0.05) is 12.4 Å². The van der Waals surface area contributed by atoms with Crippen LogP contribution in [0.3, 0.4) is 0 Å². The van der Waals surface area contributed by atoms with E-state index in [4.69, 9.17) is 4.98 Å². The number of para-hydroxylation sites is 2. The molecule has 4 nitrogen and oxygen atoms in total. The van der Waals surface area contributed by atoms with Gasteiger partial charge in [0.15, 0.2) is 0 Å². The molecule has 100 valence electrons. The zero-order valence-electron chi connectivity index (χ0n) is 11.5. The van der Waals surface area contributed by atoms with Crippen LogP contribution in [0.1, 0.15) is 22.9 Å². The van der Waals surface area contributed by atoms with Gasteiger partial charge < -0.3 is 5.32 Å². The van der Waals surface area contributed by atoms with Crippen LogP contribution in [0.15, 0.2) is 48.9 Å². The van der Waals surface area contributed by atoms with E-state index in [-0.39, 0.29) is 6.04 Å². The van der Waals surface area contributed by atoms with Crippen LogP contribution in [0.4, 0.5) is 0 Å². The van der Waals surface area contributed by atoms with E-state index in [9.17, 15) is 0 Å². The Kier molecular flexibility index (Phi) is 3.39. The van der Waals surface area contributed by atoms with Gasteiger partial charge in [0.05, 0.1) is 29.0 Å². The van der Waals surface area contributed by atoms with E-state index in [1.165, 1.54) is 5.56 Å². The van der Waals surface area contributed by atoms with Gasteiger partial charge in [0.1, 0.15) is 0 Å². The van der Waals surface area contributed by atoms with Gasteiger partial charge in [-0.25, -0.2) is 4.98 Å². The average molecular weight is 264 g/mol. The molecule has 3 aromatic rings. The average Bonchev–Trinajstić information content (AvgIpc) is 2.50. The van der Waals surface area contributed by atoms with Crippen LogP contribution in [0.25, 0.3) is 11.0 Å². The Morgan fingerprint density at radius 1 is 1.05 bits per heavy atom. The molecule has 20 heavy (non-hydrogen) atoms. The van der Waals surface area contributed by atoms with Crippen LogP contribution in [0, 0.1) is 6.92 Å². The summed E-state index contributed by atoms with van der Waals surface area (Å²) >= 11 is 0. The fourth-order valence-electron chi connectivity index (χ4n) is 2.35. The molecule has 0 radical (unpaired) electrons. The fourth-order valence-corrected chi connectivity index (χ4v) is 2.35. The van der Waals surface area contributed by atoms with Crippen molar-refractivity contribution in [2.45, 2.75) is 13.0 Å². The summed E-state index contributed by atoms with van der Waals surface area (Å²) < 4.78 is 0. The molecule has 0 aliphatic carbocycles. The summed E-state index contributed by atoms with van der Waals surface area (Å²) in [4.78, 5) is 13.4. The van der Waals surface area contributed by atoms with E-state index in [0.29, 0.717) is 0 Å². The van der Waals surface area contributed by atoms with E-state index in [1.54, 1.807) is 6.20 Å². The van der Waals surface area contributed by atoms with Crippen molar-refractivity contribution in [2.75, 3.05) is 7.05 Å². The molecule has 0 bridgehead atoms. The maximum atomic E-state index is 4.71. The standard InChI is InChI=1S/C16H16N4/c1-11-7-8-18-9-12(11)16(17-2)15-10-19-13-5-3-4-6-14(13)20-15/h3-10,16-17H,1-2H3. The van der Waals surface area contributed by atoms with Crippen LogP contribution in [0.5, 0.6) is 0 Å². The van der Waals surface area contributed by atoms with Crippen LogP contribution >= 0.6 is 0 Å². The minimum atomic E-state index is 0.000746. The van der Waals surface area contributed by atoms with Crippen LogP contribution in [-0.2, 0) is 0 Å². The highest BCUT2D eigenvalue weighted by molar-refractivity contribution is 5.73. The Hall–Kier alpha value is -2.33. The van der Waals surface area contributed by atoms with Crippen molar-refractivity contribution in [3.05, 3.63) is 65.7 Å². The maximum absolute atomic E-state index is 4.71. The lowest BCUT2D eigenvalue weighted by Crippen LogP contribution is -2.20. The first-order valence-electron chi connectivity index (χ1n) is 6.59. The van der Waals surface area contributed by atoms with Gasteiger partial charge in [-0.3, -0.25) is 9.97 Å². The minimum Gasteiger partial charge on any atom is -0.308 e. The summed E-state index contributed by atoms with van der Waals surface area (Å²) in [6.45, 7) is 2.08. The number of benzene rings is 1. The van der Waals surface area contributed by atoms with Gasteiger partial charge >= 0.3 is 0 Å². The number of pyridine rings is 1. The predicted molar refractivity (Wildman–Crippen MR) is 79.4 cm³/mol. The lowest BCUT2D eigenvalue weighted by atomic mass is 10.0. The van der Waals surface area contributed by atoms with Gasteiger partial charge in [-0.2, -0.15) is 0 Å². The molecule has 0 aliphatic heterocycles.